The lowest BCUT2D eigenvalue weighted by Crippen LogP contribution is -2.48. The SMILES string of the molecule is COC1(OC)C=C(Br)[C@@H]2C(Br)(Br)[C@]2(C)C1=O. The average molecular weight is 419 g/mol. The fourth-order valence-corrected chi connectivity index (χ4v) is 6.06. The summed E-state index contributed by atoms with van der Waals surface area (Å²) >= 11 is 10.6. The van der Waals surface area contributed by atoms with Crippen LogP contribution in [0.3, 0.4) is 0 Å². The number of allylic oxidation sites excluding steroid dienone is 1. The van der Waals surface area contributed by atoms with Gasteiger partial charge in [-0.2, -0.15) is 0 Å². The zero-order valence-corrected chi connectivity index (χ0v) is 13.8. The Labute approximate surface area is 119 Å². The lowest BCUT2D eigenvalue weighted by atomic mass is 9.88. The van der Waals surface area contributed by atoms with E-state index >= 15 is 0 Å². The van der Waals surface area contributed by atoms with Crippen LogP contribution in [0.15, 0.2) is 10.6 Å². The normalized spacial score (nSPS) is 39.0. The van der Waals surface area contributed by atoms with Gasteiger partial charge in [-0.05, 0) is 13.0 Å². The molecule has 2 aliphatic rings. The average Bonchev–Trinajstić information content (AvgIpc) is 2.69. The number of fused-ring (bicyclic) bond motifs is 1. The first-order valence-corrected chi connectivity index (χ1v) is 7.07. The summed E-state index contributed by atoms with van der Waals surface area (Å²) in [4.78, 5) is 12.5. The Bertz CT molecular complexity index is 387. The number of hydrogen-bond acceptors (Lipinski definition) is 3. The lowest BCUT2D eigenvalue weighted by Gasteiger charge is -2.32. The molecule has 0 radical (unpaired) electrons. The highest BCUT2D eigenvalue weighted by Gasteiger charge is 2.81. The van der Waals surface area contributed by atoms with Crippen molar-refractivity contribution in [3.8, 4) is 0 Å². The molecule has 2 atom stereocenters. The molecular weight excluding hydrogens is 408 g/mol. The van der Waals surface area contributed by atoms with E-state index in [4.69, 9.17) is 9.47 Å². The van der Waals surface area contributed by atoms with Crippen LogP contribution in [-0.2, 0) is 14.3 Å². The largest absolute Gasteiger partial charge is 0.344 e. The Morgan fingerprint density at radius 2 is 1.81 bits per heavy atom. The van der Waals surface area contributed by atoms with Crippen LogP contribution in [0.25, 0.3) is 0 Å². The second kappa shape index (κ2) is 3.63. The third-order valence-corrected chi connectivity index (χ3v) is 6.80. The van der Waals surface area contributed by atoms with Gasteiger partial charge < -0.3 is 9.47 Å². The molecule has 0 amide bonds. The molecule has 3 nitrogen and oxygen atoms in total. The number of halogens is 3. The summed E-state index contributed by atoms with van der Waals surface area (Å²) in [6.07, 6.45) is 1.69. The molecule has 1 fully saturated rings. The maximum Gasteiger partial charge on any atom is 0.250 e. The molecule has 0 N–H and O–H groups in total. The Kier molecular flexibility index (Phi) is 3.00. The Morgan fingerprint density at radius 3 is 2.25 bits per heavy atom. The van der Waals surface area contributed by atoms with Gasteiger partial charge in [-0.25, -0.2) is 0 Å². The summed E-state index contributed by atoms with van der Waals surface area (Å²) in [5.74, 6) is -1.29. The van der Waals surface area contributed by atoms with Crippen molar-refractivity contribution in [3.05, 3.63) is 10.6 Å². The molecule has 2 aliphatic carbocycles. The molecule has 2 rings (SSSR count). The minimum absolute atomic E-state index is 0.0749. The highest BCUT2D eigenvalue weighted by Crippen LogP contribution is 2.77. The van der Waals surface area contributed by atoms with Gasteiger partial charge in [0.2, 0.25) is 5.78 Å². The van der Waals surface area contributed by atoms with Crippen molar-refractivity contribution in [1.82, 2.24) is 0 Å². The van der Waals surface area contributed by atoms with Gasteiger partial charge in [0.15, 0.2) is 0 Å². The molecule has 0 unspecified atom stereocenters. The van der Waals surface area contributed by atoms with E-state index in [9.17, 15) is 4.79 Å². The Hall–Kier alpha value is 0.770. The third kappa shape index (κ3) is 1.28. The molecule has 16 heavy (non-hydrogen) atoms. The highest BCUT2D eigenvalue weighted by atomic mass is 79.9. The van der Waals surface area contributed by atoms with E-state index in [1.165, 1.54) is 14.2 Å². The van der Waals surface area contributed by atoms with E-state index in [0.717, 1.165) is 4.48 Å². The van der Waals surface area contributed by atoms with Gasteiger partial charge in [-0.1, -0.05) is 47.8 Å². The fourth-order valence-electron chi connectivity index (χ4n) is 2.34. The fraction of sp³-hybridized carbons (Fsp3) is 0.700. The van der Waals surface area contributed by atoms with Gasteiger partial charge in [0, 0.05) is 24.6 Å². The van der Waals surface area contributed by atoms with Crippen molar-refractivity contribution in [3.63, 3.8) is 0 Å². The maximum atomic E-state index is 12.5. The quantitative estimate of drug-likeness (QED) is 0.511. The predicted octanol–water partition coefficient (Wildman–Crippen LogP) is 2.96. The van der Waals surface area contributed by atoms with Gasteiger partial charge in [0.05, 0.1) is 5.41 Å². The molecular formula is C10H11Br3O3. The second-order valence-electron chi connectivity index (χ2n) is 4.19. The van der Waals surface area contributed by atoms with E-state index < -0.39 is 14.4 Å². The number of carbonyl (C=O) groups is 1. The molecule has 0 heterocycles. The van der Waals surface area contributed by atoms with E-state index in [1.807, 2.05) is 6.92 Å². The van der Waals surface area contributed by atoms with Gasteiger partial charge in [0.1, 0.15) is 3.23 Å². The summed E-state index contributed by atoms with van der Waals surface area (Å²) in [5, 5.41) is 0. The van der Waals surface area contributed by atoms with Crippen molar-refractivity contribution < 1.29 is 14.3 Å². The number of alkyl halides is 2. The van der Waals surface area contributed by atoms with Crippen LogP contribution in [-0.4, -0.2) is 29.0 Å². The van der Waals surface area contributed by atoms with Gasteiger partial charge in [0.25, 0.3) is 5.79 Å². The Balaban J connectivity index is 2.54. The first-order valence-electron chi connectivity index (χ1n) is 4.69. The van der Waals surface area contributed by atoms with Crippen LogP contribution in [0.4, 0.5) is 0 Å². The topological polar surface area (TPSA) is 35.5 Å². The molecule has 90 valence electrons. The number of ether oxygens (including phenoxy) is 2. The van der Waals surface area contributed by atoms with Crippen LogP contribution in [0.5, 0.6) is 0 Å². The summed E-state index contributed by atoms with van der Waals surface area (Å²) in [5.41, 5.74) is -0.563. The van der Waals surface area contributed by atoms with E-state index in [1.54, 1.807) is 6.08 Å². The Morgan fingerprint density at radius 1 is 1.31 bits per heavy atom. The van der Waals surface area contributed by atoms with Crippen LogP contribution in [0.1, 0.15) is 6.92 Å². The number of carbonyl (C=O) groups excluding carboxylic acids is 1. The number of methoxy groups -OCH3 is 2. The van der Waals surface area contributed by atoms with Crippen LogP contribution in [0, 0.1) is 11.3 Å². The van der Waals surface area contributed by atoms with Crippen molar-refractivity contribution in [1.29, 1.82) is 0 Å². The van der Waals surface area contributed by atoms with E-state index in [-0.39, 0.29) is 11.7 Å². The van der Waals surface area contributed by atoms with Crippen molar-refractivity contribution >= 4 is 53.6 Å². The molecule has 0 aliphatic heterocycles. The molecule has 6 heteroatoms. The molecule has 0 aromatic carbocycles. The van der Waals surface area contributed by atoms with Gasteiger partial charge in [-0.15, -0.1) is 0 Å². The number of rotatable bonds is 2. The molecule has 0 bridgehead atoms. The zero-order valence-electron chi connectivity index (χ0n) is 9.01. The molecule has 0 spiro atoms. The summed E-state index contributed by atoms with van der Waals surface area (Å²) in [6, 6.07) is 0. The molecule has 0 aromatic heterocycles. The van der Waals surface area contributed by atoms with Gasteiger partial charge in [-0.3, -0.25) is 4.79 Å². The second-order valence-corrected chi connectivity index (χ2v) is 8.67. The molecule has 1 saturated carbocycles. The summed E-state index contributed by atoms with van der Waals surface area (Å²) in [6.45, 7) is 1.89. The highest BCUT2D eigenvalue weighted by molar-refractivity contribution is 9.25. The van der Waals surface area contributed by atoms with Crippen LogP contribution < -0.4 is 0 Å². The lowest BCUT2D eigenvalue weighted by molar-refractivity contribution is -0.192. The van der Waals surface area contributed by atoms with Crippen LogP contribution >= 0.6 is 47.8 Å². The summed E-state index contributed by atoms with van der Waals surface area (Å²) in [7, 11) is 2.93. The standard InChI is InChI=1S/C10H11Br3O3/c1-8-6(10(8,12)13)5(11)4-9(15-2,16-3)7(8)14/h4,6H,1-3H3/t6-,8-/m0/s1. The first-order chi connectivity index (χ1) is 7.28. The molecule has 0 saturated heterocycles. The maximum absolute atomic E-state index is 12.5. The van der Waals surface area contributed by atoms with Crippen molar-refractivity contribution in [2.24, 2.45) is 11.3 Å². The first kappa shape index (κ1) is 13.2. The predicted molar refractivity (Wildman–Crippen MR) is 70.9 cm³/mol. The van der Waals surface area contributed by atoms with Crippen LogP contribution in [0.2, 0.25) is 0 Å². The minimum Gasteiger partial charge on any atom is -0.344 e. The number of hydrogen-bond donors (Lipinski definition) is 0. The van der Waals surface area contributed by atoms with Crippen molar-refractivity contribution in [2.45, 2.75) is 15.9 Å². The van der Waals surface area contributed by atoms with Gasteiger partial charge >= 0.3 is 0 Å². The minimum atomic E-state index is -1.28. The monoisotopic (exact) mass is 416 g/mol. The van der Waals surface area contributed by atoms with E-state index in [0.29, 0.717) is 0 Å². The third-order valence-electron chi connectivity index (χ3n) is 3.55. The number of Topliss-reactive ketones (excluding diaryl/α,β-unsaturated/α-hetero) is 1. The smallest absolute Gasteiger partial charge is 0.250 e. The number of ketones is 1. The van der Waals surface area contributed by atoms with E-state index in [2.05, 4.69) is 47.8 Å². The molecule has 0 aromatic rings. The zero-order chi connectivity index (χ0) is 12.4. The summed E-state index contributed by atoms with van der Waals surface area (Å²) < 4.78 is 11.0. The van der Waals surface area contributed by atoms with Crippen molar-refractivity contribution in [2.75, 3.05) is 14.2 Å².